The second kappa shape index (κ2) is 11.6. The summed E-state index contributed by atoms with van der Waals surface area (Å²) in [5.74, 6) is -0.378. The van der Waals surface area contributed by atoms with E-state index in [0.717, 1.165) is 35.8 Å². The molecule has 0 radical (unpaired) electrons. The van der Waals surface area contributed by atoms with Crippen LogP contribution in [0.2, 0.25) is 10.0 Å². The zero-order valence-electron chi connectivity index (χ0n) is 19.1. The van der Waals surface area contributed by atoms with Crippen molar-refractivity contribution in [3.63, 3.8) is 0 Å². The molecule has 0 aromatic heterocycles. The highest BCUT2D eigenvalue weighted by Crippen LogP contribution is 2.29. The van der Waals surface area contributed by atoms with Gasteiger partial charge in [-0.2, -0.15) is 0 Å². The number of nitrogens with one attached hydrogen (secondary N) is 1. The van der Waals surface area contributed by atoms with Crippen molar-refractivity contribution in [1.29, 1.82) is 0 Å². The Kier molecular flexibility index (Phi) is 9.04. The molecule has 2 aromatic carbocycles. The third kappa shape index (κ3) is 7.34. The Morgan fingerprint density at radius 3 is 2.15 bits per heavy atom. The fourth-order valence-electron chi connectivity index (χ4n) is 4.17. The molecule has 1 amide bonds. The Labute approximate surface area is 206 Å². The Bertz CT molecular complexity index is 1030. The van der Waals surface area contributed by atoms with E-state index in [1.165, 1.54) is 43.0 Å². The minimum Gasteiger partial charge on any atom is -0.350 e. The van der Waals surface area contributed by atoms with Gasteiger partial charge in [0.2, 0.25) is 15.9 Å². The average molecular weight is 513 g/mol. The first kappa shape index (κ1) is 25.8. The lowest BCUT2D eigenvalue weighted by molar-refractivity contribution is -0.122. The van der Waals surface area contributed by atoms with Crippen LogP contribution in [0, 0.1) is 0 Å². The maximum atomic E-state index is 13.0. The minimum absolute atomic E-state index is 0.263. The lowest BCUT2D eigenvalue weighted by Gasteiger charge is -2.30. The topological polar surface area (TPSA) is 69.7 Å². The summed E-state index contributed by atoms with van der Waals surface area (Å²) in [6.07, 6.45) is 5.19. The number of carbonyl (C=O) groups is 1. The molecule has 2 aromatic rings. The SMILES string of the molecule is CC[C@H](C(=O)NCc1ccc(CN2CCCCC2)cc1)N(c1cc(Cl)cc(Cl)c1)S(C)(=O)=O. The molecule has 6 nitrogen and oxygen atoms in total. The molecule has 0 aliphatic carbocycles. The number of halogens is 2. The number of anilines is 1. The lowest BCUT2D eigenvalue weighted by atomic mass is 10.1. The van der Waals surface area contributed by atoms with Gasteiger partial charge < -0.3 is 5.32 Å². The summed E-state index contributed by atoms with van der Waals surface area (Å²) in [5, 5.41) is 3.48. The first-order chi connectivity index (χ1) is 15.7. The van der Waals surface area contributed by atoms with Crippen LogP contribution in [0.15, 0.2) is 42.5 Å². The predicted molar refractivity (Wildman–Crippen MR) is 135 cm³/mol. The second-order valence-electron chi connectivity index (χ2n) is 8.48. The summed E-state index contributed by atoms with van der Waals surface area (Å²) in [7, 11) is -3.76. The lowest BCUT2D eigenvalue weighted by Crippen LogP contribution is -2.49. The molecule has 0 spiro atoms. The van der Waals surface area contributed by atoms with E-state index in [0.29, 0.717) is 16.6 Å². The molecule has 33 heavy (non-hydrogen) atoms. The number of hydrogen-bond donors (Lipinski definition) is 1. The molecule has 1 atom stereocenters. The van der Waals surface area contributed by atoms with Gasteiger partial charge in [0, 0.05) is 23.1 Å². The number of amides is 1. The Hall–Kier alpha value is -1.80. The first-order valence-corrected chi connectivity index (χ1v) is 13.8. The Morgan fingerprint density at radius 2 is 1.61 bits per heavy atom. The van der Waals surface area contributed by atoms with Crippen molar-refractivity contribution >= 4 is 44.8 Å². The number of hydrogen-bond acceptors (Lipinski definition) is 4. The molecule has 1 aliphatic heterocycles. The smallest absolute Gasteiger partial charge is 0.244 e. The summed E-state index contributed by atoms with van der Waals surface area (Å²) < 4.78 is 26.3. The summed E-state index contributed by atoms with van der Waals surface area (Å²) in [5.41, 5.74) is 2.47. The summed E-state index contributed by atoms with van der Waals surface area (Å²) in [6, 6.07) is 11.8. The minimum atomic E-state index is -3.76. The van der Waals surface area contributed by atoms with Crippen LogP contribution in [0.25, 0.3) is 0 Å². The molecule has 1 N–H and O–H groups in total. The van der Waals surface area contributed by atoms with Crippen molar-refractivity contribution in [3.05, 3.63) is 63.6 Å². The number of rotatable bonds is 9. The Morgan fingerprint density at radius 1 is 1.03 bits per heavy atom. The van der Waals surface area contributed by atoms with Gasteiger partial charge in [-0.15, -0.1) is 0 Å². The maximum Gasteiger partial charge on any atom is 0.244 e. The van der Waals surface area contributed by atoms with Gasteiger partial charge in [-0.3, -0.25) is 14.0 Å². The fourth-order valence-corrected chi connectivity index (χ4v) is 5.88. The van der Waals surface area contributed by atoms with E-state index in [2.05, 4.69) is 22.3 Å². The van der Waals surface area contributed by atoms with Crippen molar-refractivity contribution in [3.8, 4) is 0 Å². The van der Waals surface area contributed by atoms with E-state index < -0.39 is 16.1 Å². The van der Waals surface area contributed by atoms with Gasteiger partial charge in [0.05, 0.1) is 11.9 Å². The summed E-state index contributed by atoms with van der Waals surface area (Å²) >= 11 is 12.2. The van der Waals surface area contributed by atoms with Crippen LogP contribution >= 0.6 is 23.2 Å². The molecule has 1 fully saturated rings. The molecular formula is C24H31Cl2N3O3S. The van der Waals surface area contributed by atoms with E-state index in [4.69, 9.17) is 23.2 Å². The third-order valence-electron chi connectivity index (χ3n) is 5.78. The van der Waals surface area contributed by atoms with Gasteiger partial charge in [0.1, 0.15) is 6.04 Å². The van der Waals surface area contributed by atoms with Crippen LogP contribution in [-0.2, 0) is 27.9 Å². The zero-order chi connectivity index (χ0) is 24.0. The summed E-state index contributed by atoms with van der Waals surface area (Å²) in [4.78, 5) is 15.5. The van der Waals surface area contributed by atoms with Crippen molar-refractivity contribution < 1.29 is 13.2 Å². The molecule has 0 unspecified atom stereocenters. The second-order valence-corrected chi connectivity index (χ2v) is 11.2. The van der Waals surface area contributed by atoms with Gasteiger partial charge in [0.15, 0.2) is 0 Å². The molecule has 180 valence electrons. The number of sulfonamides is 1. The Balaban J connectivity index is 1.67. The van der Waals surface area contributed by atoms with Gasteiger partial charge in [-0.05, 0) is 61.7 Å². The predicted octanol–water partition coefficient (Wildman–Crippen LogP) is 4.84. The van der Waals surface area contributed by atoms with Crippen molar-refractivity contribution in [1.82, 2.24) is 10.2 Å². The number of likely N-dealkylation sites (tertiary alicyclic amines) is 1. The van der Waals surface area contributed by atoms with E-state index in [9.17, 15) is 13.2 Å². The molecule has 1 saturated heterocycles. The van der Waals surface area contributed by atoms with Crippen LogP contribution in [0.5, 0.6) is 0 Å². The molecule has 0 saturated carbocycles. The number of benzene rings is 2. The van der Waals surface area contributed by atoms with E-state index in [1.54, 1.807) is 6.92 Å². The van der Waals surface area contributed by atoms with E-state index in [-0.39, 0.29) is 18.0 Å². The number of piperidine rings is 1. The van der Waals surface area contributed by atoms with Gasteiger partial charge in [-0.1, -0.05) is 60.8 Å². The molecule has 1 aliphatic rings. The molecule has 1 heterocycles. The van der Waals surface area contributed by atoms with E-state index in [1.807, 2.05) is 12.1 Å². The monoisotopic (exact) mass is 511 g/mol. The molecule has 3 rings (SSSR count). The highest BCUT2D eigenvalue weighted by Gasteiger charge is 2.31. The van der Waals surface area contributed by atoms with Crippen molar-refractivity contribution in [2.75, 3.05) is 23.7 Å². The van der Waals surface area contributed by atoms with Crippen LogP contribution in [0.1, 0.15) is 43.7 Å². The van der Waals surface area contributed by atoms with Gasteiger partial charge in [-0.25, -0.2) is 8.42 Å². The highest BCUT2D eigenvalue weighted by molar-refractivity contribution is 7.92. The maximum absolute atomic E-state index is 13.0. The largest absolute Gasteiger partial charge is 0.350 e. The normalized spacial score (nSPS) is 15.8. The quantitative estimate of drug-likeness (QED) is 0.522. The van der Waals surface area contributed by atoms with Crippen LogP contribution < -0.4 is 9.62 Å². The average Bonchev–Trinajstić information content (AvgIpc) is 2.75. The van der Waals surface area contributed by atoms with Crippen LogP contribution in [0.3, 0.4) is 0 Å². The zero-order valence-corrected chi connectivity index (χ0v) is 21.4. The number of carbonyl (C=O) groups excluding carboxylic acids is 1. The molecule has 9 heteroatoms. The first-order valence-electron chi connectivity index (χ1n) is 11.2. The van der Waals surface area contributed by atoms with Gasteiger partial charge >= 0.3 is 0 Å². The standard InChI is InChI=1S/C24H31Cl2N3O3S/c1-3-23(29(33(2,31)32)22-14-20(25)13-21(26)15-22)24(30)27-16-18-7-9-19(10-8-18)17-28-11-5-4-6-12-28/h7-10,13-15,23H,3-6,11-12,16-17H2,1-2H3,(H,27,30)/t23-/m1/s1. The van der Waals surface area contributed by atoms with Crippen molar-refractivity contribution in [2.45, 2.75) is 51.7 Å². The fraction of sp³-hybridized carbons (Fsp3) is 0.458. The summed E-state index contributed by atoms with van der Waals surface area (Å²) in [6.45, 7) is 5.31. The molecular weight excluding hydrogens is 481 g/mol. The van der Waals surface area contributed by atoms with Gasteiger partial charge in [0.25, 0.3) is 0 Å². The van der Waals surface area contributed by atoms with E-state index >= 15 is 0 Å². The highest BCUT2D eigenvalue weighted by atomic mass is 35.5. The van der Waals surface area contributed by atoms with Crippen LogP contribution in [-0.4, -0.2) is 44.6 Å². The third-order valence-corrected chi connectivity index (χ3v) is 7.39. The molecule has 0 bridgehead atoms. The van der Waals surface area contributed by atoms with Crippen LogP contribution in [0.4, 0.5) is 5.69 Å². The van der Waals surface area contributed by atoms with Crippen molar-refractivity contribution in [2.24, 2.45) is 0 Å². The number of nitrogens with zero attached hydrogens (tertiary/aromatic N) is 2.